The predicted octanol–water partition coefficient (Wildman–Crippen LogP) is 0.245. The number of carbonyl (C=O) groups excluding carboxylic acids is 1. The van der Waals surface area contributed by atoms with Crippen LogP contribution in [0.5, 0.6) is 5.75 Å². The number of nitrogens with zero attached hydrogens (tertiary/aromatic N) is 1. The van der Waals surface area contributed by atoms with Gasteiger partial charge in [0.15, 0.2) is 11.4 Å². The zero-order chi connectivity index (χ0) is 18.1. The summed E-state index contributed by atoms with van der Waals surface area (Å²) in [4.78, 5) is 29.2. The fourth-order valence-electron chi connectivity index (χ4n) is 2.42. The summed E-state index contributed by atoms with van der Waals surface area (Å²) in [6.45, 7) is 2.26. The Balaban J connectivity index is 0.00000109. The number of pyridine rings is 1. The van der Waals surface area contributed by atoms with E-state index in [9.17, 15) is 9.59 Å². The molecule has 0 unspecified atom stereocenters. The normalized spacial score (nSPS) is 13.6. The number of benzene rings is 1. The van der Waals surface area contributed by atoms with Crippen LogP contribution in [0, 0.1) is 0 Å². The molecule has 25 heavy (non-hydrogen) atoms. The van der Waals surface area contributed by atoms with Crippen LogP contribution < -0.4 is 21.9 Å². The number of hydrogen-bond acceptors (Lipinski definition) is 6. The molecule has 3 rings (SSSR count). The minimum absolute atomic E-state index is 0.0628. The summed E-state index contributed by atoms with van der Waals surface area (Å²) >= 11 is 0. The highest BCUT2D eigenvalue weighted by atomic mass is 16.5. The van der Waals surface area contributed by atoms with Gasteiger partial charge in [-0.1, -0.05) is 30.3 Å². The van der Waals surface area contributed by atoms with Crippen LogP contribution in [0.3, 0.4) is 0 Å². The lowest BCUT2D eigenvalue weighted by atomic mass is 10.2. The Morgan fingerprint density at radius 3 is 2.52 bits per heavy atom. The first-order valence-corrected chi connectivity index (χ1v) is 7.84. The summed E-state index contributed by atoms with van der Waals surface area (Å²) in [7, 11) is 0. The average Bonchev–Trinajstić information content (AvgIpc) is 2.69. The molecule has 1 fully saturated rings. The van der Waals surface area contributed by atoms with Crippen LogP contribution in [-0.2, 0) is 11.3 Å². The molecule has 8 heteroatoms. The van der Waals surface area contributed by atoms with Crippen molar-refractivity contribution in [1.29, 1.82) is 0 Å². The number of aromatic nitrogens is 1. The van der Waals surface area contributed by atoms with Crippen LogP contribution in [0.15, 0.2) is 47.4 Å². The number of aromatic amines is 1. The van der Waals surface area contributed by atoms with Gasteiger partial charge in [0.2, 0.25) is 5.43 Å². The quantitative estimate of drug-likeness (QED) is 0.538. The van der Waals surface area contributed by atoms with Crippen molar-refractivity contribution < 1.29 is 14.3 Å². The van der Waals surface area contributed by atoms with Gasteiger partial charge < -0.3 is 19.4 Å². The average molecular weight is 346 g/mol. The molecule has 1 aromatic heterocycles. The topological polar surface area (TPSA) is 124 Å². The van der Waals surface area contributed by atoms with Gasteiger partial charge in [-0.3, -0.25) is 21.3 Å². The zero-order valence-electron chi connectivity index (χ0n) is 13.8. The highest BCUT2D eigenvalue weighted by Crippen LogP contribution is 2.15. The number of hydrazine groups is 1. The summed E-state index contributed by atoms with van der Waals surface area (Å²) in [5.74, 6) is 7.82. The fraction of sp³-hybridized carbons (Fsp3) is 0.294. The molecule has 2 aromatic rings. The van der Waals surface area contributed by atoms with Crippen LogP contribution in [0.2, 0.25) is 0 Å². The van der Waals surface area contributed by atoms with Crippen molar-refractivity contribution in [2.45, 2.75) is 6.61 Å². The Hall–Kier alpha value is -2.68. The van der Waals surface area contributed by atoms with E-state index in [0.717, 1.165) is 5.56 Å². The summed E-state index contributed by atoms with van der Waals surface area (Å²) in [6.07, 6.45) is 1.46. The van der Waals surface area contributed by atoms with Crippen molar-refractivity contribution in [2.75, 3.05) is 26.3 Å². The van der Waals surface area contributed by atoms with Crippen LogP contribution in [0.1, 0.15) is 16.1 Å². The van der Waals surface area contributed by atoms with Gasteiger partial charge in [-0.2, -0.15) is 0 Å². The second kappa shape index (κ2) is 9.58. The predicted molar refractivity (Wildman–Crippen MR) is 92.9 cm³/mol. The van der Waals surface area contributed by atoms with Crippen molar-refractivity contribution in [3.8, 4) is 5.75 Å². The van der Waals surface area contributed by atoms with E-state index in [-0.39, 0.29) is 29.4 Å². The molecule has 1 aliphatic rings. The van der Waals surface area contributed by atoms with Gasteiger partial charge in [0.05, 0.1) is 13.2 Å². The van der Waals surface area contributed by atoms with Crippen molar-refractivity contribution in [3.63, 3.8) is 0 Å². The van der Waals surface area contributed by atoms with Gasteiger partial charge >= 0.3 is 0 Å². The number of morpholine rings is 1. The SMILES string of the molecule is NN.O=C(c1[nH]ccc(=O)c1OCc1ccccc1)N1CCOCC1. The molecule has 134 valence electrons. The maximum Gasteiger partial charge on any atom is 0.274 e. The maximum absolute atomic E-state index is 12.6. The summed E-state index contributed by atoms with van der Waals surface area (Å²) in [6, 6.07) is 10.9. The minimum Gasteiger partial charge on any atom is -0.483 e. The number of carbonyl (C=O) groups is 1. The highest BCUT2D eigenvalue weighted by Gasteiger charge is 2.23. The van der Waals surface area contributed by atoms with Crippen molar-refractivity contribution >= 4 is 5.91 Å². The van der Waals surface area contributed by atoms with E-state index in [1.54, 1.807) is 4.90 Å². The monoisotopic (exact) mass is 346 g/mol. The molecule has 1 aliphatic heterocycles. The minimum atomic E-state index is -0.309. The molecule has 0 spiro atoms. The van der Waals surface area contributed by atoms with Gasteiger partial charge in [-0.05, 0) is 5.56 Å². The smallest absolute Gasteiger partial charge is 0.274 e. The number of nitrogens with one attached hydrogen (secondary N) is 1. The van der Waals surface area contributed by atoms with Crippen LogP contribution in [-0.4, -0.2) is 42.1 Å². The molecular formula is C17H22N4O4. The number of H-pyrrole nitrogens is 1. The molecule has 0 saturated carbocycles. The fourth-order valence-corrected chi connectivity index (χ4v) is 2.42. The molecule has 8 nitrogen and oxygen atoms in total. The second-order valence-corrected chi connectivity index (χ2v) is 5.22. The largest absolute Gasteiger partial charge is 0.483 e. The highest BCUT2D eigenvalue weighted by molar-refractivity contribution is 5.94. The van der Waals surface area contributed by atoms with E-state index in [4.69, 9.17) is 9.47 Å². The van der Waals surface area contributed by atoms with Gasteiger partial charge in [-0.15, -0.1) is 0 Å². The van der Waals surface area contributed by atoms with Crippen LogP contribution in [0.4, 0.5) is 0 Å². The molecule has 1 amide bonds. The van der Waals surface area contributed by atoms with Gasteiger partial charge in [0.1, 0.15) is 6.61 Å². The number of ether oxygens (including phenoxy) is 2. The Morgan fingerprint density at radius 2 is 1.84 bits per heavy atom. The van der Waals surface area contributed by atoms with Gasteiger partial charge in [0, 0.05) is 25.4 Å². The first-order chi connectivity index (χ1) is 12.3. The van der Waals surface area contributed by atoms with E-state index in [2.05, 4.69) is 16.7 Å². The lowest BCUT2D eigenvalue weighted by Gasteiger charge is -2.27. The third kappa shape index (κ3) is 4.90. The molecule has 0 bridgehead atoms. The first kappa shape index (κ1) is 18.7. The third-order valence-electron chi connectivity index (χ3n) is 3.65. The van der Waals surface area contributed by atoms with Crippen LogP contribution >= 0.6 is 0 Å². The maximum atomic E-state index is 12.6. The molecule has 0 radical (unpaired) electrons. The number of hydrogen-bond donors (Lipinski definition) is 3. The number of rotatable bonds is 4. The van der Waals surface area contributed by atoms with E-state index >= 15 is 0 Å². The molecule has 0 aliphatic carbocycles. The molecule has 5 N–H and O–H groups in total. The number of amides is 1. The molecule has 1 aromatic carbocycles. The van der Waals surface area contributed by atoms with Crippen molar-refractivity contribution in [3.05, 3.63) is 64.1 Å². The van der Waals surface area contributed by atoms with Crippen molar-refractivity contribution in [1.82, 2.24) is 9.88 Å². The first-order valence-electron chi connectivity index (χ1n) is 7.84. The van der Waals surface area contributed by atoms with E-state index in [1.807, 2.05) is 30.3 Å². The molecular weight excluding hydrogens is 324 g/mol. The Labute approximate surface area is 145 Å². The Kier molecular flexibility index (Phi) is 7.15. The van der Waals surface area contributed by atoms with E-state index in [0.29, 0.717) is 26.3 Å². The summed E-state index contributed by atoms with van der Waals surface area (Å²) in [5.41, 5.74) is 0.812. The van der Waals surface area contributed by atoms with Crippen LogP contribution in [0.25, 0.3) is 0 Å². The lowest BCUT2D eigenvalue weighted by molar-refractivity contribution is 0.0296. The van der Waals surface area contributed by atoms with Crippen molar-refractivity contribution in [2.24, 2.45) is 11.7 Å². The standard InChI is InChI=1S/C17H18N2O4.H4N2/c20-14-6-7-18-15(17(21)19-8-10-22-11-9-19)16(14)23-12-13-4-2-1-3-5-13;1-2/h1-7H,8-12H2,(H,18,20);1-2H2. The second-order valence-electron chi connectivity index (χ2n) is 5.22. The lowest BCUT2D eigenvalue weighted by Crippen LogP contribution is -2.41. The summed E-state index contributed by atoms with van der Waals surface area (Å²) in [5, 5.41) is 0. The Bertz CT molecular complexity index is 727. The van der Waals surface area contributed by atoms with E-state index < -0.39 is 0 Å². The summed E-state index contributed by atoms with van der Waals surface area (Å²) < 4.78 is 10.9. The van der Waals surface area contributed by atoms with E-state index in [1.165, 1.54) is 12.3 Å². The Morgan fingerprint density at radius 1 is 1.16 bits per heavy atom. The third-order valence-corrected chi connectivity index (χ3v) is 3.65. The van der Waals surface area contributed by atoms with Gasteiger partial charge in [0.25, 0.3) is 5.91 Å². The molecule has 1 saturated heterocycles. The molecule has 2 heterocycles. The number of nitrogens with two attached hydrogens (primary N) is 2. The molecule has 0 atom stereocenters. The zero-order valence-corrected chi connectivity index (χ0v) is 13.8. The van der Waals surface area contributed by atoms with Gasteiger partial charge in [-0.25, -0.2) is 0 Å².